The van der Waals surface area contributed by atoms with Gasteiger partial charge in [-0.15, -0.1) is 0 Å². The highest BCUT2D eigenvalue weighted by molar-refractivity contribution is 4.89. The van der Waals surface area contributed by atoms with Gasteiger partial charge < -0.3 is 40.9 Å². The first-order valence-electron chi connectivity index (χ1n) is 5.55. The van der Waals surface area contributed by atoms with Crippen molar-refractivity contribution in [3.63, 3.8) is 0 Å². The molecule has 0 rings (SSSR count). The van der Waals surface area contributed by atoms with Crippen LogP contribution in [0.3, 0.4) is 0 Å². The average molecular weight is 270 g/mol. The second kappa shape index (κ2) is 7.31. The minimum atomic E-state index is -2.00. The Hall–Kier alpha value is -0.320. The van der Waals surface area contributed by atoms with Crippen LogP contribution in [0.1, 0.15) is 13.8 Å². The van der Waals surface area contributed by atoms with Crippen LogP contribution >= 0.6 is 0 Å². The Morgan fingerprint density at radius 1 is 0.389 bits per heavy atom. The van der Waals surface area contributed by atoms with E-state index in [0.717, 1.165) is 13.8 Å². The summed E-state index contributed by atoms with van der Waals surface area (Å²) in [7, 11) is 0. The normalized spacial score (nSPS) is 25.7. The summed E-state index contributed by atoms with van der Waals surface area (Å²) >= 11 is 0. The van der Waals surface area contributed by atoms with Gasteiger partial charge in [-0.25, -0.2) is 0 Å². The molecule has 0 aromatic heterocycles. The van der Waals surface area contributed by atoms with Gasteiger partial charge in [-0.2, -0.15) is 0 Å². The fraction of sp³-hybridized carbons (Fsp3) is 1.00. The fourth-order valence-electron chi connectivity index (χ4n) is 1.38. The maximum absolute atomic E-state index is 9.48. The van der Waals surface area contributed by atoms with Gasteiger partial charge in [0.15, 0.2) is 0 Å². The molecular weight excluding hydrogens is 248 g/mol. The summed E-state index contributed by atoms with van der Waals surface area (Å²) in [5.74, 6) is 0. The molecule has 0 spiro atoms. The molecular formula is C10H22O8. The monoisotopic (exact) mass is 270 g/mol. The molecule has 8 atom stereocenters. The van der Waals surface area contributed by atoms with Gasteiger partial charge in [-0.1, -0.05) is 0 Å². The Morgan fingerprint density at radius 3 is 0.722 bits per heavy atom. The summed E-state index contributed by atoms with van der Waals surface area (Å²) in [6, 6.07) is 0. The number of hydrogen-bond acceptors (Lipinski definition) is 8. The standard InChI is InChI=1S/C10H22O8/c1-3(11)5(13)7(15)9(17)10(18)8(16)6(14)4(2)12/h3-18H,1-2H3. The summed E-state index contributed by atoms with van der Waals surface area (Å²) < 4.78 is 0. The van der Waals surface area contributed by atoms with Crippen LogP contribution in [0.5, 0.6) is 0 Å². The van der Waals surface area contributed by atoms with E-state index < -0.39 is 48.8 Å². The number of aliphatic hydroxyl groups is 8. The van der Waals surface area contributed by atoms with E-state index in [9.17, 15) is 30.6 Å². The molecule has 0 heterocycles. The number of rotatable bonds is 7. The van der Waals surface area contributed by atoms with E-state index in [4.69, 9.17) is 10.2 Å². The van der Waals surface area contributed by atoms with Gasteiger partial charge in [0, 0.05) is 0 Å². The van der Waals surface area contributed by atoms with Gasteiger partial charge in [0.05, 0.1) is 12.2 Å². The van der Waals surface area contributed by atoms with Crippen molar-refractivity contribution in [2.45, 2.75) is 62.7 Å². The van der Waals surface area contributed by atoms with Crippen LogP contribution in [-0.4, -0.2) is 89.7 Å². The van der Waals surface area contributed by atoms with Crippen LogP contribution in [0, 0.1) is 0 Å². The van der Waals surface area contributed by atoms with Crippen molar-refractivity contribution in [3.8, 4) is 0 Å². The lowest BCUT2D eigenvalue weighted by molar-refractivity contribution is -0.174. The van der Waals surface area contributed by atoms with Gasteiger partial charge in [0.2, 0.25) is 0 Å². The van der Waals surface area contributed by atoms with Crippen molar-refractivity contribution in [3.05, 3.63) is 0 Å². The van der Waals surface area contributed by atoms with E-state index >= 15 is 0 Å². The molecule has 18 heavy (non-hydrogen) atoms. The lowest BCUT2D eigenvalue weighted by Gasteiger charge is -2.32. The van der Waals surface area contributed by atoms with Crippen molar-refractivity contribution in [2.75, 3.05) is 0 Å². The first-order valence-corrected chi connectivity index (χ1v) is 5.55. The van der Waals surface area contributed by atoms with Crippen LogP contribution in [0.2, 0.25) is 0 Å². The SMILES string of the molecule is CC(O)C(O)C(O)C(O)C(O)C(O)C(O)C(C)O. The molecule has 0 aliphatic carbocycles. The molecule has 0 saturated carbocycles. The Bertz CT molecular complexity index is 210. The molecule has 110 valence electrons. The van der Waals surface area contributed by atoms with Crippen LogP contribution in [-0.2, 0) is 0 Å². The zero-order valence-corrected chi connectivity index (χ0v) is 10.2. The molecule has 0 aliphatic heterocycles. The third kappa shape index (κ3) is 4.41. The predicted molar refractivity (Wildman–Crippen MR) is 59.4 cm³/mol. The molecule has 0 radical (unpaired) electrons. The largest absolute Gasteiger partial charge is 0.391 e. The summed E-state index contributed by atoms with van der Waals surface area (Å²) in [5.41, 5.74) is 0. The Labute approximate surface area is 104 Å². The molecule has 0 aromatic rings. The smallest absolute Gasteiger partial charge is 0.111 e. The summed E-state index contributed by atoms with van der Waals surface area (Å²) in [5, 5.41) is 74.4. The molecule has 0 aromatic carbocycles. The van der Waals surface area contributed by atoms with Gasteiger partial charge in [-0.05, 0) is 13.8 Å². The third-order valence-electron chi connectivity index (χ3n) is 2.74. The van der Waals surface area contributed by atoms with E-state index in [1.54, 1.807) is 0 Å². The van der Waals surface area contributed by atoms with Gasteiger partial charge in [0.25, 0.3) is 0 Å². The molecule has 8 N–H and O–H groups in total. The highest BCUT2D eigenvalue weighted by atomic mass is 16.4. The Morgan fingerprint density at radius 2 is 0.556 bits per heavy atom. The van der Waals surface area contributed by atoms with Crippen molar-refractivity contribution in [1.82, 2.24) is 0 Å². The maximum Gasteiger partial charge on any atom is 0.111 e. The maximum atomic E-state index is 9.48. The average Bonchev–Trinajstić information content (AvgIpc) is 2.32. The van der Waals surface area contributed by atoms with E-state index in [-0.39, 0.29) is 0 Å². The van der Waals surface area contributed by atoms with Gasteiger partial charge in [0.1, 0.15) is 36.6 Å². The summed E-state index contributed by atoms with van der Waals surface area (Å²) in [6.07, 6.45) is -14.0. The first-order chi connectivity index (χ1) is 8.11. The predicted octanol–water partition coefficient (Wildman–Crippen LogP) is -4.09. The van der Waals surface area contributed by atoms with Gasteiger partial charge in [-0.3, -0.25) is 0 Å². The van der Waals surface area contributed by atoms with E-state index in [0.29, 0.717) is 0 Å². The van der Waals surface area contributed by atoms with E-state index in [1.165, 1.54) is 0 Å². The van der Waals surface area contributed by atoms with Crippen molar-refractivity contribution >= 4 is 0 Å². The second-order valence-electron chi connectivity index (χ2n) is 4.42. The molecule has 8 unspecified atom stereocenters. The third-order valence-corrected chi connectivity index (χ3v) is 2.74. The Kier molecular flexibility index (Phi) is 7.18. The van der Waals surface area contributed by atoms with Gasteiger partial charge >= 0.3 is 0 Å². The molecule has 0 amide bonds. The second-order valence-corrected chi connectivity index (χ2v) is 4.42. The molecule has 0 aliphatic rings. The van der Waals surface area contributed by atoms with Crippen molar-refractivity contribution in [1.29, 1.82) is 0 Å². The summed E-state index contributed by atoms with van der Waals surface area (Å²) in [4.78, 5) is 0. The zero-order valence-electron chi connectivity index (χ0n) is 10.2. The number of hydrogen-bond donors (Lipinski definition) is 8. The highest BCUT2D eigenvalue weighted by Crippen LogP contribution is 2.14. The lowest BCUT2D eigenvalue weighted by Crippen LogP contribution is -2.55. The summed E-state index contributed by atoms with van der Waals surface area (Å²) in [6.45, 7) is 2.32. The van der Waals surface area contributed by atoms with E-state index in [2.05, 4.69) is 0 Å². The lowest BCUT2D eigenvalue weighted by atomic mass is 9.93. The first kappa shape index (κ1) is 17.7. The molecule has 0 fully saturated rings. The van der Waals surface area contributed by atoms with Crippen LogP contribution in [0.15, 0.2) is 0 Å². The topological polar surface area (TPSA) is 162 Å². The minimum absolute atomic E-state index is 1.16. The van der Waals surface area contributed by atoms with Crippen LogP contribution in [0.25, 0.3) is 0 Å². The van der Waals surface area contributed by atoms with Crippen molar-refractivity contribution in [2.24, 2.45) is 0 Å². The Balaban J connectivity index is 4.63. The molecule has 0 saturated heterocycles. The minimum Gasteiger partial charge on any atom is -0.391 e. The highest BCUT2D eigenvalue weighted by Gasteiger charge is 2.39. The van der Waals surface area contributed by atoms with E-state index in [1.807, 2.05) is 0 Å². The van der Waals surface area contributed by atoms with Crippen LogP contribution < -0.4 is 0 Å². The van der Waals surface area contributed by atoms with Crippen molar-refractivity contribution < 1.29 is 40.9 Å². The van der Waals surface area contributed by atoms with Crippen LogP contribution in [0.4, 0.5) is 0 Å². The zero-order chi connectivity index (χ0) is 14.6. The molecule has 0 bridgehead atoms. The number of aliphatic hydroxyl groups excluding tert-OH is 8. The molecule has 8 nitrogen and oxygen atoms in total. The molecule has 8 heteroatoms. The fourth-order valence-corrected chi connectivity index (χ4v) is 1.38. The quantitative estimate of drug-likeness (QED) is 0.231.